The Hall–Kier alpha value is -3.58. The standard InChI is InChI=1S/C30H27N.C2H6/c1-3-12-29(31-2)22-19-20-26-25-17-10-11-18-27(25)30(28(26)21-22,23-13-6-4-7-14-23)24-15-8-5-9-16-24;1-2/h3-8,10-15,17-21,31H,1,9,16H2,2H3;1-2H3/b29-12-;. The summed E-state index contributed by atoms with van der Waals surface area (Å²) in [5, 5.41) is 3.34. The Labute approximate surface area is 198 Å². The van der Waals surface area contributed by atoms with Crippen LogP contribution in [0.2, 0.25) is 0 Å². The Balaban J connectivity index is 0.00000126. The molecule has 5 rings (SSSR count). The van der Waals surface area contributed by atoms with Gasteiger partial charge in [0.05, 0.1) is 5.41 Å². The molecule has 0 aliphatic heterocycles. The highest BCUT2D eigenvalue weighted by molar-refractivity contribution is 5.87. The summed E-state index contributed by atoms with van der Waals surface area (Å²) in [7, 11) is 1.97. The average Bonchev–Trinajstić information content (AvgIpc) is 3.20. The Kier molecular flexibility index (Phi) is 6.79. The summed E-state index contributed by atoms with van der Waals surface area (Å²) >= 11 is 0. The fourth-order valence-corrected chi connectivity index (χ4v) is 5.33. The van der Waals surface area contributed by atoms with Crippen molar-refractivity contribution in [1.29, 1.82) is 0 Å². The molecular formula is C32H33N. The molecule has 166 valence electrons. The minimum absolute atomic E-state index is 0.277. The maximum absolute atomic E-state index is 3.90. The summed E-state index contributed by atoms with van der Waals surface area (Å²) in [6.07, 6.45) is 12.9. The summed E-state index contributed by atoms with van der Waals surface area (Å²) in [4.78, 5) is 0. The van der Waals surface area contributed by atoms with E-state index in [0.717, 1.165) is 18.5 Å². The quantitative estimate of drug-likeness (QED) is 0.403. The van der Waals surface area contributed by atoms with Gasteiger partial charge in [-0.05, 0) is 58.4 Å². The molecule has 1 N–H and O–H groups in total. The van der Waals surface area contributed by atoms with E-state index < -0.39 is 0 Å². The van der Waals surface area contributed by atoms with Crippen molar-refractivity contribution in [2.24, 2.45) is 0 Å². The van der Waals surface area contributed by atoms with Crippen LogP contribution in [0.1, 0.15) is 48.9 Å². The van der Waals surface area contributed by atoms with Gasteiger partial charge in [-0.2, -0.15) is 0 Å². The number of allylic oxidation sites excluding steroid dienone is 6. The number of rotatable bonds is 5. The fourth-order valence-electron chi connectivity index (χ4n) is 5.33. The van der Waals surface area contributed by atoms with E-state index in [1.807, 2.05) is 33.0 Å². The summed E-state index contributed by atoms with van der Waals surface area (Å²) in [5.74, 6) is 0. The predicted molar refractivity (Wildman–Crippen MR) is 143 cm³/mol. The topological polar surface area (TPSA) is 12.0 Å². The Bertz CT molecular complexity index is 1230. The summed E-state index contributed by atoms with van der Waals surface area (Å²) in [6.45, 7) is 7.90. The second-order valence-electron chi connectivity index (χ2n) is 8.15. The van der Waals surface area contributed by atoms with E-state index in [0.29, 0.717) is 0 Å². The first-order chi connectivity index (χ1) is 16.3. The van der Waals surface area contributed by atoms with Gasteiger partial charge in [0.1, 0.15) is 0 Å². The minimum atomic E-state index is -0.277. The molecule has 0 heterocycles. The minimum Gasteiger partial charge on any atom is -0.388 e. The molecule has 1 heteroatoms. The molecule has 2 aliphatic carbocycles. The van der Waals surface area contributed by atoms with Crippen molar-refractivity contribution in [2.45, 2.75) is 32.1 Å². The highest BCUT2D eigenvalue weighted by Gasteiger charge is 2.47. The van der Waals surface area contributed by atoms with E-state index in [2.05, 4.69) is 103 Å². The van der Waals surface area contributed by atoms with Crippen molar-refractivity contribution in [3.05, 3.63) is 138 Å². The first-order valence-corrected chi connectivity index (χ1v) is 12.0. The summed E-state index contributed by atoms with van der Waals surface area (Å²) in [6, 6.07) is 26.8. The van der Waals surface area contributed by atoms with Crippen molar-refractivity contribution < 1.29 is 0 Å². The van der Waals surface area contributed by atoms with E-state index >= 15 is 0 Å². The molecule has 0 radical (unpaired) electrons. The van der Waals surface area contributed by atoms with Crippen LogP contribution < -0.4 is 5.32 Å². The second kappa shape index (κ2) is 9.92. The number of hydrogen-bond donors (Lipinski definition) is 1. The smallest absolute Gasteiger partial charge is 0.0676 e. The van der Waals surface area contributed by atoms with Crippen LogP contribution in [0.3, 0.4) is 0 Å². The second-order valence-corrected chi connectivity index (χ2v) is 8.15. The van der Waals surface area contributed by atoms with Gasteiger partial charge in [0.15, 0.2) is 0 Å². The lowest BCUT2D eigenvalue weighted by Crippen LogP contribution is -2.30. The van der Waals surface area contributed by atoms with Gasteiger partial charge in [0.2, 0.25) is 0 Å². The number of hydrogen-bond acceptors (Lipinski definition) is 1. The molecule has 1 nitrogen and oxygen atoms in total. The highest BCUT2D eigenvalue weighted by atomic mass is 14.8. The third kappa shape index (κ3) is 3.68. The Morgan fingerprint density at radius 2 is 1.64 bits per heavy atom. The molecule has 2 aliphatic rings. The van der Waals surface area contributed by atoms with Crippen LogP contribution >= 0.6 is 0 Å². The molecular weight excluding hydrogens is 398 g/mol. The average molecular weight is 432 g/mol. The van der Waals surface area contributed by atoms with Crippen molar-refractivity contribution >= 4 is 5.70 Å². The largest absolute Gasteiger partial charge is 0.388 e. The van der Waals surface area contributed by atoms with Gasteiger partial charge >= 0.3 is 0 Å². The van der Waals surface area contributed by atoms with Crippen LogP contribution in [0.25, 0.3) is 16.8 Å². The first-order valence-electron chi connectivity index (χ1n) is 12.0. The lowest BCUT2D eigenvalue weighted by Gasteiger charge is -2.37. The Morgan fingerprint density at radius 3 is 2.33 bits per heavy atom. The molecule has 0 spiro atoms. The zero-order chi connectivity index (χ0) is 23.3. The van der Waals surface area contributed by atoms with Gasteiger partial charge in [-0.25, -0.2) is 0 Å². The predicted octanol–water partition coefficient (Wildman–Crippen LogP) is 8.05. The molecule has 33 heavy (non-hydrogen) atoms. The maximum atomic E-state index is 3.90. The zero-order valence-corrected chi connectivity index (χ0v) is 19.9. The van der Waals surface area contributed by atoms with Crippen LogP contribution in [0.4, 0.5) is 0 Å². The molecule has 3 aromatic carbocycles. The third-order valence-corrected chi connectivity index (χ3v) is 6.61. The lowest BCUT2D eigenvalue weighted by atomic mass is 9.65. The molecule has 0 bridgehead atoms. The van der Waals surface area contributed by atoms with E-state index in [4.69, 9.17) is 0 Å². The van der Waals surface area contributed by atoms with Crippen LogP contribution in [0.15, 0.2) is 115 Å². The van der Waals surface area contributed by atoms with Gasteiger partial charge in [-0.3, -0.25) is 0 Å². The maximum Gasteiger partial charge on any atom is 0.0676 e. The molecule has 3 aromatic rings. The molecule has 0 fully saturated rings. The molecule has 1 atom stereocenters. The van der Waals surface area contributed by atoms with Gasteiger partial charge in [0.25, 0.3) is 0 Å². The van der Waals surface area contributed by atoms with Crippen LogP contribution in [-0.4, -0.2) is 7.05 Å². The van der Waals surface area contributed by atoms with E-state index in [-0.39, 0.29) is 5.41 Å². The summed E-state index contributed by atoms with van der Waals surface area (Å²) in [5.41, 5.74) is 10.2. The van der Waals surface area contributed by atoms with Crippen LogP contribution in [0, 0.1) is 0 Å². The molecule has 0 saturated heterocycles. The third-order valence-electron chi connectivity index (χ3n) is 6.61. The molecule has 1 unspecified atom stereocenters. The Morgan fingerprint density at radius 1 is 0.909 bits per heavy atom. The fraction of sp³-hybridized carbons (Fsp3) is 0.188. The van der Waals surface area contributed by atoms with Gasteiger partial charge in [-0.15, -0.1) is 0 Å². The summed E-state index contributed by atoms with van der Waals surface area (Å²) < 4.78 is 0. The monoisotopic (exact) mass is 431 g/mol. The normalized spacial score (nSPS) is 18.4. The highest BCUT2D eigenvalue weighted by Crippen LogP contribution is 2.57. The zero-order valence-electron chi connectivity index (χ0n) is 19.9. The first kappa shape index (κ1) is 22.6. The number of benzene rings is 3. The van der Waals surface area contributed by atoms with E-state index in [1.165, 1.54) is 39.0 Å². The molecule has 0 saturated carbocycles. The lowest BCUT2D eigenvalue weighted by molar-refractivity contribution is 0.692. The number of fused-ring (bicyclic) bond motifs is 3. The van der Waals surface area contributed by atoms with Gasteiger partial charge in [-0.1, -0.05) is 117 Å². The van der Waals surface area contributed by atoms with Crippen molar-refractivity contribution in [3.63, 3.8) is 0 Å². The van der Waals surface area contributed by atoms with Crippen molar-refractivity contribution in [2.75, 3.05) is 7.05 Å². The van der Waals surface area contributed by atoms with Gasteiger partial charge < -0.3 is 5.32 Å². The molecule has 0 aromatic heterocycles. The molecule has 0 amide bonds. The van der Waals surface area contributed by atoms with Crippen molar-refractivity contribution in [3.8, 4) is 11.1 Å². The van der Waals surface area contributed by atoms with Gasteiger partial charge in [0, 0.05) is 12.7 Å². The van der Waals surface area contributed by atoms with Crippen LogP contribution in [-0.2, 0) is 5.41 Å². The van der Waals surface area contributed by atoms with E-state index in [1.54, 1.807) is 0 Å². The van der Waals surface area contributed by atoms with Crippen LogP contribution in [0.5, 0.6) is 0 Å². The SMILES string of the molecule is C=C/C=C(\NC)c1ccc2c(c1)C(C1=CC=CCC1)(c1ccccc1)c1ccccc1-2.CC. The van der Waals surface area contributed by atoms with E-state index in [9.17, 15) is 0 Å². The van der Waals surface area contributed by atoms with Crippen molar-refractivity contribution in [1.82, 2.24) is 5.32 Å². The number of nitrogens with one attached hydrogen (secondary N) is 1.